The number of carbonyl (C=O) groups is 2. The van der Waals surface area contributed by atoms with E-state index in [1.165, 1.54) is 0 Å². The standard InChI is InChI=1S/C17H20N2O5/c20-15-11-22-14-2-1-12(9-13(14)18-15)10-16(21)19-5-3-17(4-6-19)23-7-8-24-17/h1-2,9H,3-8,10-11H2,(H,18,20). The molecule has 3 aliphatic heterocycles. The maximum absolute atomic E-state index is 12.5. The highest BCUT2D eigenvalue weighted by Gasteiger charge is 2.40. The lowest BCUT2D eigenvalue weighted by Gasteiger charge is -2.37. The molecule has 2 saturated heterocycles. The van der Waals surface area contributed by atoms with E-state index in [-0.39, 0.29) is 18.4 Å². The lowest BCUT2D eigenvalue weighted by Crippen LogP contribution is -2.47. The number of fused-ring (bicyclic) bond motifs is 1. The number of ether oxygens (including phenoxy) is 3. The first-order valence-corrected chi connectivity index (χ1v) is 8.25. The van der Waals surface area contributed by atoms with Crippen molar-refractivity contribution in [2.45, 2.75) is 25.0 Å². The number of nitrogens with one attached hydrogen (secondary N) is 1. The maximum Gasteiger partial charge on any atom is 0.262 e. The van der Waals surface area contributed by atoms with E-state index in [0.717, 1.165) is 5.56 Å². The minimum atomic E-state index is -0.468. The Morgan fingerprint density at radius 3 is 2.71 bits per heavy atom. The number of nitrogens with zero attached hydrogens (tertiary/aromatic N) is 1. The molecule has 24 heavy (non-hydrogen) atoms. The topological polar surface area (TPSA) is 77.1 Å². The van der Waals surface area contributed by atoms with E-state index in [2.05, 4.69) is 5.32 Å². The highest BCUT2D eigenvalue weighted by molar-refractivity contribution is 5.95. The normalized spacial score (nSPS) is 22.0. The van der Waals surface area contributed by atoms with Crippen molar-refractivity contribution in [3.05, 3.63) is 23.8 Å². The minimum Gasteiger partial charge on any atom is -0.482 e. The number of amides is 2. The summed E-state index contributed by atoms with van der Waals surface area (Å²) in [7, 11) is 0. The largest absolute Gasteiger partial charge is 0.482 e. The quantitative estimate of drug-likeness (QED) is 0.872. The van der Waals surface area contributed by atoms with Gasteiger partial charge in [-0.05, 0) is 17.7 Å². The average molecular weight is 332 g/mol. The number of hydrogen-bond acceptors (Lipinski definition) is 5. The molecule has 1 aromatic rings. The Balaban J connectivity index is 1.38. The summed E-state index contributed by atoms with van der Waals surface area (Å²) in [4.78, 5) is 25.8. The fraction of sp³-hybridized carbons (Fsp3) is 0.529. The highest BCUT2D eigenvalue weighted by atomic mass is 16.7. The van der Waals surface area contributed by atoms with Gasteiger partial charge in [-0.2, -0.15) is 0 Å². The molecule has 7 heteroatoms. The van der Waals surface area contributed by atoms with Crippen LogP contribution < -0.4 is 10.1 Å². The predicted octanol–water partition coefficient (Wildman–Crippen LogP) is 0.925. The fourth-order valence-corrected chi connectivity index (χ4v) is 3.41. The first-order chi connectivity index (χ1) is 11.6. The number of benzene rings is 1. The first kappa shape index (κ1) is 15.4. The molecule has 4 rings (SSSR count). The van der Waals surface area contributed by atoms with Crippen molar-refractivity contribution in [3.63, 3.8) is 0 Å². The van der Waals surface area contributed by atoms with Gasteiger partial charge in [0.2, 0.25) is 5.91 Å². The second-order valence-electron chi connectivity index (χ2n) is 6.33. The SMILES string of the molecule is O=C1COc2ccc(CC(=O)N3CCC4(CC3)OCCO4)cc2N1. The minimum absolute atomic E-state index is 0.0327. The molecule has 2 fully saturated rings. The van der Waals surface area contributed by atoms with Crippen LogP contribution in [0.5, 0.6) is 5.75 Å². The van der Waals surface area contributed by atoms with Crippen LogP contribution >= 0.6 is 0 Å². The lowest BCUT2D eigenvalue weighted by atomic mass is 10.0. The van der Waals surface area contributed by atoms with Gasteiger partial charge in [-0.25, -0.2) is 0 Å². The molecular weight excluding hydrogens is 312 g/mol. The number of piperidine rings is 1. The van der Waals surface area contributed by atoms with Crippen molar-refractivity contribution in [2.75, 3.05) is 38.2 Å². The van der Waals surface area contributed by atoms with E-state index in [0.29, 0.717) is 57.0 Å². The molecular formula is C17H20N2O5. The second-order valence-corrected chi connectivity index (χ2v) is 6.33. The van der Waals surface area contributed by atoms with Gasteiger partial charge in [0.05, 0.1) is 25.3 Å². The molecule has 3 heterocycles. The van der Waals surface area contributed by atoms with Crippen molar-refractivity contribution < 1.29 is 23.8 Å². The van der Waals surface area contributed by atoms with Crippen LogP contribution in [0.4, 0.5) is 5.69 Å². The van der Waals surface area contributed by atoms with Gasteiger partial charge in [-0.15, -0.1) is 0 Å². The molecule has 1 aromatic carbocycles. The Morgan fingerprint density at radius 2 is 1.96 bits per heavy atom. The Kier molecular flexibility index (Phi) is 3.90. The summed E-state index contributed by atoms with van der Waals surface area (Å²) in [5.74, 6) is 0.0699. The van der Waals surface area contributed by atoms with E-state index in [1.807, 2.05) is 11.0 Å². The number of likely N-dealkylation sites (tertiary alicyclic amines) is 1. The van der Waals surface area contributed by atoms with Crippen molar-refractivity contribution >= 4 is 17.5 Å². The number of carbonyl (C=O) groups excluding carboxylic acids is 2. The van der Waals surface area contributed by atoms with E-state index in [1.54, 1.807) is 12.1 Å². The predicted molar refractivity (Wildman–Crippen MR) is 84.7 cm³/mol. The van der Waals surface area contributed by atoms with Gasteiger partial charge in [-0.3, -0.25) is 9.59 Å². The smallest absolute Gasteiger partial charge is 0.262 e. The molecule has 0 radical (unpaired) electrons. The Bertz CT molecular complexity index is 659. The van der Waals surface area contributed by atoms with E-state index >= 15 is 0 Å². The van der Waals surface area contributed by atoms with Crippen LogP contribution in [-0.4, -0.2) is 55.4 Å². The molecule has 0 bridgehead atoms. The highest BCUT2D eigenvalue weighted by Crippen LogP contribution is 2.32. The molecule has 2 amide bonds. The third-order valence-corrected chi connectivity index (χ3v) is 4.72. The van der Waals surface area contributed by atoms with Gasteiger partial charge in [0, 0.05) is 25.9 Å². The second kappa shape index (κ2) is 6.07. The number of hydrogen-bond donors (Lipinski definition) is 1. The van der Waals surface area contributed by atoms with Gasteiger partial charge >= 0.3 is 0 Å². The molecule has 0 aliphatic carbocycles. The summed E-state index contributed by atoms with van der Waals surface area (Å²) in [6, 6.07) is 5.46. The third kappa shape index (κ3) is 2.97. The van der Waals surface area contributed by atoms with Gasteiger partial charge < -0.3 is 24.4 Å². The Hall–Kier alpha value is -2.12. The van der Waals surface area contributed by atoms with E-state index < -0.39 is 5.79 Å². The fourth-order valence-electron chi connectivity index (χ4n) is 3.41. The van der Waals surface area contributed by atoms with Gasteiger partial charge in [0.25, 0.3) is 5.91 Å². The molecule has 3 aliphatic rings. The van der Waals surface area contributed by atoms with Crippen LogP contribution in [0, 0.1) is 0 Å². The molecule has 7 nitrogen and oxygen atoms in total. The molecule has 128 valence electrons. The number of rotatable bonds is 2. The zero-order valence-corrected chi connectivity index (χ0v) is 13.4. The number of anilines is 1. The molecule has 0 aromatic heterocycles. The van der Waals surface area contributed by atoms with Crippen molar-refractivity contribution in [1.29, 1.82) is 0 Å². The summed E-state index contributed by atoms with van der Waals surface area (Å²) in [6.45, 7) is 2.59. The van der Waals surface area contributed by atoms with Crippen molar-refractivity contribution in [3.8, 4) is 5.75 Å². The van der Waals surface area contributed by atoms with Gasteiger partial charge in [0.1, 0.15) is 5.75 Å². The first-order valence-electron chi connectivity index (χ1n) is 8.25. The van der Waals surface area contributed by atoms with Crippen LogP contribution in [0.1, 0.15) is 18.4 Å². The zero-order chi connectivity index (χ0) is 16.6. The van der Waals surface area contributed by atoms with Crippen LogP contribution in [0.15, 0.2) is 18.2 Å². The Labute approximate surface area is 139 Å². The lowest BCUT2D eigenvalue weighted by molar-refractivity contribution is -0.187. The summed E-state index contributed by atoms with van der Waals surface area (Å²) in [6.07, 6.45) is 1.73. The van der Waals surface area contributed by atoms with Crippen molar-refractivity contribution in [2.24, 2.45) is 0 Å². The average Bonchev–Trinajstić information content (AvgIpc) is 3.03. The molecule has 0 saturated carbocycles. The van der Waals surface area contributed by atoms with Crippen LogP contribution in [0.25, 0.3) is 0 Å². The summed E-state index contributed by atoms with van der Waals surface area (Å²) >= 11 is 0. The molecule has 0 unspecified atom stereocenters. The maximum atomic E-state index is 12.5. The van der Waals surface area contributed by atoms with E-state index in [4.69, 9.17) is 14.2 Å². The summed E-state index contributed by atoms with van der Waals surface area (Å²) in [5.41, 5.74) is 1.49. The monoisotopic (exact) mass is 332 g/mol. The molecule has 0 atom stereocenters. The van der Waals surface area contributed by atoms with Crippen LogP contribution in [0.3, 0.4) is 0 Å². The van der Waals surface area contributed by atoms with Crippen molar-refractivity contribution in [1.82, 2.24) is 4.90 Å². The molecule has 1 spiro atoms. The summed E-state index contributed by atoms with van der Waals surface area (Å²) < 4.78 is 16.7. The zero-order valence-electron chi connectivity index (χ0n) is 13.4. The summed E-state index contributed by atoms with van der Waals surface area (Å²) in [5, 5.41) is 2.76. The third-order valence-electron chi connectivity index (χ3n) is 4.72. The Morgan fingerprint density at radius 1 is 1.21 bits per heavy atom. The van der Waals surface area contributed by atoms with Gasteiger partial charge in [0.15, 0.2) is 12.4 Å². The molecule has 1 N–H and O–H groups in total. The van der Waals surface area contributed by atoms with E-state index in [9.17, 15) is 9.59 Å². The van der Waals surface area contributed by atoms with Gasteiger partial charge in [-0.1, -0.05) is 6.07 Å². The van der Waals surface area contributed by atoms with Crippen LogP contribution in [0.2, 0.25) is 0 Å². The van der Waals surface area contributed by atoms with Crippen LogP contribution in [-0.2, 0) is 25.5 Å².